The molecule has 2 nitrogen and oxygen atoms in total. The summed E-state index contributed by atoms with van der Waals surface area (Å²) < 4.78 is 0. The van der Waals surface area contributed by atoms with Crippen molar-refractivity contribution in [2.75, 3.05) is 0 Å². The molecule has 0 spiro atoms. The third-order valence-electron chi connectivity index (χ3n) is 5.83. The second-order valence-corrected chi connectivity index (χ2v) is 9.08. The van der Waals surface area contributed by atoms with Crippen LogP contribution in [-0.4, -0.2) is 11.2 Å². The van der Waals surface area contributed by atoms with Crippen molar-refractivity contribution in [2.24, 2.45) is 0 Å². The number of hydrogen-bond acceptors (Lipinski definition) is 2. The zero-order chi connectivity index (χ0) is 19.1. The first kappa shape index (κ1) is 23.7. The Morgan fingerprint density at radius 3 is 1.58 bits per heavy atom. The van der Waals surface area contributed by atoms with Crippen LogP contribution >= 0.6 is 0 Å². The van der Waals surface area contributed by atoms with Gasteiger partial charge in [-0.15, -0.1) is 6.58 Å². The molecule has 154 valence electrons. The summed E-state index contributed by atoms with van der Waals surface area (Å²) in [5.41, 5.74) is -0.276. The Balaban J connectivity index is 1.87. The Morgan fingerprint density at radius 1 is 0.692 bits per heavy atom. The first-order valence-electron chi connectivity index (χ1n) is 11.5. The van der Waals surface area contributed by atoms with Gasteiger partial charge < -0.3 is 0 Å². The van der Waals surface area contributed by atoms with Gasteiger partial charge in [0, 0.05) is 6.42 Å². The zero-order valence-corrected chi connectivity index (χ0v) is 18.1. The van der Waals surface area contributed by atoms with Crippen molar-refractivity contribution in [1.82, 2.24) is 0 Å². The van der Waals surface area contributed by atoms with E-state index in [2.05, 4.69) is 27.4 Å². The maximum absolute atomic E-state index is 5.67. The molecule has 1 saturated heterocycles. The van der Waals surface area contributed by atoms with Crippen molar-refractivity contribution in [3.63, 3.8) is 0 Å². The van der Waals surface area contributed by atoms with Crippen molar-refractivity contribution in [3.8, 4) is 0 Å². The summed E-state index contributed by atoms with van der Waals surface area (Å²) in [6, 6.07) is 0. The fraction of sp³-hybridized carbons (Fsp3) is 0.917. The molecule has 1 rings (SSSR count). The molecule has 2 unspecified atom stereocenters. The Labute approximate surface area is 164 Å². The van der Waals surface area contributed by atoms with E-state index < -0.39 is 0 Å². The van der Waals surface area contributed by atoms with Crippen LogP contribution in [0.3, 0.4) is 0 Å². The lowest BCUT2D eigenvalue weighted by Crippen LogP contribution is -2.27. The zero-order valence-electron chi connectivity index (χ0n) is 18.1. The van der Waals surface area contributed by atoms with Crippen LogP contribution in [-0.2, 0) is 9.78 Å². The lowest BCUT2D eigenvalue weighted by atomic mass is 9.85. The third-order valence-corrected chi connectivity index (χ3v) is 5.83. The van der Waals surface area contributed by atoms with Crippen LogP contribution in [0.4, 0.5) is 0 Å². The van der Waals surface area contributed by atoms with Gasteiger partial charge in [0.2, 0.25) is 0 Å². The minimum absolute atomic E-state index is 0.102. The summed E-state index contributed by atoms with van der Waals surface area (Å²) in [5, 5.41) is 0. The Hall–Kier alpha value is -0.340. The molecule has 0 aromatic carbocycles. The molecule has 2 heteroatoms. The van der Waals surface area contributed by atoms with E-state index in [1.54, 1.807) is 0 Å². The van der Waals surface area contributed by atoms with Gasteiger partial charge in [-0.2, -0.15) is 0 Å². The molecule has 2 atom stereocenters. The summed E-state index contributed by atoms with van der Waals surface area (Å²) in [7, 11) is 0. The van der Waals surface area contributed by atoms with Crippen LogP contribution in [0.15, 0.2) is 12.7 Å². The highest BCUT2D eigenvalue weighted by atomic mass is 17.2. The molecule has 0 N–H and O–H groups in total. The summed E-state index contributed by atoms with van der Waals surface area (Å²) >= 11 is 0. The van der Waals surface area contributed by atoms with E-state index in [-0.39, 0.29) is 11.2 Å². The van der Waals surface area contributed by atoms with Crippen LogP contribution in [0.1, 0.15) is 130 Å². The first-order valence-corrected chi connectivity index (χ1v) is 11.5. The molecule has 0 aromatic rings. The highest BCUT2D eigenvalue weighted by Crippen LogP contribution is 2.41. The number of hydrogen-bond donors (Lipinski definition) is 0. The van der Waals surface area contributed by atoms with Crippen LogP contribution in [0, 0.1) is 0 Å². The fourth-order valence-corrected chi connectivity index (χ4v) is 4.29. The van der Waals surface area contributed by atoms with E-state index in [9.17, 15) is 0 Å². The summed E-state index contributed by atoms with van der Waals surface area (Å²) in [6.07, 6.45) is 24.6. The molecule has 0 aromatic heterocycles. The highest BCUT2D eigenvalue weighted by molar-refractivity contribution is 4.93. The van der Waals surface area contributed by atoms with Crippen molar-refractivity contribution in [2.45, 2.75) is 141 Å². The standard InChI is InChI=1S/C24H46O2/c1-5-7-8-9-10-11-12-13-14-15-16-17-18-19-21-24(4)22-23(3,20-6-2)25-26-24/h6H,2,5,7-22H2,1,3-4H3. The Bertz CT molecular complexity index is 354. The second-order valence-electron chi connectivity index (χ2n) is 9.08. The average Bonchev–Trinajstić information content (AvgIpc) is 2.91. The topological polar surface area (TPSA) is 18.5 Å². The minimum Gasteiger partial charge on any atom is -0.230 e. The maximum Gasteiger partial charge on any atom is 0.107 e. The lowest BCUT2D eigenvalue weighted by molar-refractivity contribution is -0.344. The summed E-state index contributed by atoms with van der Waals surface area (Å²) in [5.74, 6) is 0. The van der Waals surface area contributed by atoms with Gasteiger partial charge in [0.1, 0.15) is 11.2 Å². The van der Waals surface area contributed by atoms with E-state index in [0.717, 1.165) is 19.3 Å². The molecule has 1 aliphatic heterocycles. The van der Waals surface area contributed by atoms with Gasteiger partial charge in [0.25, 0.3) is 0 Å². The number of unbranched alkanes of at least 4 members (excludes halogenated alkanes) is 13. The van der Waals surface area contributed by atoms with E-state index in [0.29, 0.717) is 0 Å². The predicted molar refractivity (Wildman–Crippen MR) is 113 cm³/mol. The molecule has 0 amide bonds. The Kier molecular flexibility index (Phi) is 12.6. The lowest BCUT2D eigenvalue weighted by Gasteiger charge is -2.21. The van der Waals surface area contributed by atoms with E-state index in [1.165, 1.54) is 89.9 Å². The molecule has 1 fully saturated rings. The second kappa shape index (κ2) is 13.8. The summed E-state index contributed by atoms with van der Waals surface area (Å²) in [6.45, 7) is 10.4. The fourth-order valence-electron chi connectivity index (χ4n) is 4.29. The average molecular weight is 367 g/mol. The largest absolute Gasteiger partial charge is 0.230 e. The SMILES string of the molecule is C=CCC1(C)CC(C)(CCCCCCCCCCCCCCCC)OO1. The quantitative estimate of drug-likeness (QED) is 0.146. The highest BCUT2D eigenvalue weighted by Gasteiger charge is 2.45. The molecule has 26 heavy (non-hydrogen) atoms. The van der Waals surface area contributed by atoms with Crippen molar-refractivity contribution in [1.29, 1.82) is 0 Å². The third kappa shape index (κ3) is 10.7. The van der Waals surface area contributed by atoms with Gasteiger partial charge in [0.15, 0.2) is 0 Å². The van der Waals surface area contributed by atoms with E-state index in [4.69, 9.17) is 9.78 Å². The van der Waals surface area contributed by atoms with Gasteiger partial charge in [-0.3, -0.25) is 0 Å². The normalized spacial score (nSPS) is 25.7. The molecular formula is C24H46O2. The van der Waals surface area contributed by atoms with Crippen LogP contribution in [0.5, 0.6) is 0 Å². The monoisotopic (exact) mass is 366 g/mol. The van der Waals surface area contributed by atoms with Gasteiger partial charge in [-0.05, 0) is 26.7 Å². The Morgan fingerprint density at radius 2 is 1.12 bits per heavy atom. The van der Waals surface area contributed by atoms with E-state index >= 15 is 0 Å². The predicted octanol–water partition coefficient (Wildman–Crippen LogP) is 8.30. The van der Waals surface area contributed by atoms with Gasteiger partial charge >= 0.3 is 0 Å². The molecule has 0 aliphatic carbocycles. The molecule has 0 radical (unpaired) electrons. The van der Waals surface area contributed by atoms with Crippen molar-refractivity contribution < 1.29 is 9.78 Å². The maximum atomic E-state index is 5.67. The molecule has 1 heterocycles. The molecule has 1 aliphatic rings. The molecular weight excluding hydrogens is 320 g/mol. The first-order chi connectivity index (χ1) is 12.5. The molecule has 0 saturated carbocycles. The number of rotatable bonds is 17. The van der Waals surface area contributed by atoms with Crippen LogP contribution in [0.25, 0.3) is 0 Å². The molecule has 0 bridgehead atoms. The minimum atomic E-state index is -0.174. The van der Waals surface area contributed by atoms with Crippen LogP contribution < -0.4 is 0 Å². The van der Waals surface area contributed by atoms with Crippen molar-refractivity contribution in [3.05, 3.63) is 12.7 Å². The van der Waals surface area contributed by atoms with Crippen LogP contribution in [0.2, 0.25) is 0 Å². The van der Waals surface area contributed by atoms with Crippen molar-refractivity contribution >= 4 is 0 Å². The summed E-state index contributed by atoms with van der Waals surface area (Å²) in [4.78, 5) is 11.3. The van der Waals surface area contributed by atoms with Gasteiger partial charge in [0.05, 0.1) is 0 Å². The van der Waals surface area contributed by atoms with E-state index in [1.807, 2.05) is 6.08 Å². The van der Waals surface area contributed by atoms with Gasteiger partial charge in [-0.25, -0.2) is 9.78 Å². The smallest absolute Gasteiger partial charge is 0.107 e. The van der Waals surface area contributed by atoms with Gasteiger partial charge in [-0.1, -0.05) is 103 Å².